The summed E-state index contributed by atoms with van der Waals surface area (Å²) in [4.78, 5) is 3.86. The van der Waals surface area contributed by atoms with E-state index in [0.29, 0.717) is 6.54 Å². The predicted octanol–water partition coefficient (Wildman–Crippen LogP) is 1.62. The lowest BCUT2D eigenvalue weighted by atomic mass is 10.4. The normalized spacial score (nSPS) is 9.93. The van der Waals surface area contributed by atoms with Gasteiger partial charge in [0.25, 0.3) is 0 Å². The Morgan fingerprint density at radius 1 is 1.20 bits per heavy atom. The first kappa shape index (κ1) is 9.51. The number of aromatic nitrogens is 3. The largest absolute Gasteiger partial charge is 0.362 e. The molecule has 76 valence electrons. The van der Waals surface area contributed by atoms with Gasteiger partial charge in [-0.3, -0.25) is 0 Å². The molecule has 0 radical (unpaired) electrons. The Bertz CT molecular complexity index is 432. The van der Waals surface area contributed by atoms with Gasteiger partial charge in [-0.1, -0.05) is 0 Å². The van der Waals surface area contributed by atoms with Gasteiger partial charge in [0.05, 0.1) is 12.2 Å². The third kappa shape index (κ3) is 2.46. The molecule has 2 aromatic rings. The fraction of sp³-hybridized carbons (Fsp3) is 0.100. The summed E-state index contributed by atoms with van der Waals surface area (Å²) in [6, 6.07) is 6.48. The Morgan fingerprint density at radius 3 is 2.80 bits per heavy atom. The fourth-order valence-corrected chi connectivity index (χ4v) is 1.12. The summed E-state index contributed by atoms with van der Waals surface area (Å²) < 4.78 is 13.1. The van der Waals surface area contributed by atoms with Crippen molar-refractivity contribution in [3.05, 3.63) is 48.2 Å². The summed E-state index contributed by atoms with van der Waals surface area (Å²) in [7, 11) is 0. The summed E-state index contributed by atoms with van der Waals surface area (Å²) in [6.07, 6.45) is 3.12. The standard InChI is InChI=1S/C10H9FN4/c11-9-4-2-5-12-10(9)13-7-8-3-1-6-14-15-8/h1-6H,7H2,(H,12,13). The monoisotopic (exact) mass is 204 g/mol. The second-order valence-corrected chi connectivity index (χ2v) is 2.90. The Labute approximate surface area is 86.2 Å². The number of nitrogens with zero attached hydrogens (tertiary/aromatic N) is 3. The van der Waals surface area contributed by atoms with Crippen LogP contribution in [-0.2, 0) is 6.54 Å². The second-order valence-electron chi connectivity index (χ2n) is 2.90. The zero-order valence-electron chi connectivity index (χ0n) is 7.89. The van der Waals surface area contributed by atoms with Crippen molar-refractivity contribution in [2.75, 3.05) is 5.32 Å². The Hall–Kier alpha value is -2.04. The van der Waals surface area contributed by atoms with Crippen LogP contribution in [-0.4, -0.2) is 15.2 Å². The first-order valence-corrected chi connectivity index (χ1v) is 4.47. The number of hydrogen-bond acceptors (Lipinski definition) is 4. The highest BCUT2D eigenvalue weighted by Crippen LogP contribution is 2.09. The van der Waals surface area contributed by atoms with Crippen molar-refractivity contribution < 1.29 is 4.39 Å². The molecule has 0 aliphatic carbocycles. The number of anilines is 1. The molecule has 0 atom stereocenters. The molecule has 0 aliphatic heterocycles. The first-order valence-electron chi connectivity index (χ1n) is 4.47. The lowest BCUT2D eigenvalue weighted by Gasteiger charge is -2.04. The van der Waals surface area contributed by atoms with Gasteiger partial charge >= 0.3 is 0 Å². The molecule has 2 rings (SSSR count). The maximum Gasteiger partial charge on any atom is 0.165 e. The number of hydrogen-bond donors (Lipinski definition) is 1. The van der Waals surface area contributed by atoms with E-state index < -0.39 is 0 Å². The van der Waals surface area contributed by atoms with Crippen LogP contribution >= 0.6 is 0 Å². The molecule has 0 aliphatic rings. The van der Waals surface area contributed by atoms with Gasteiger partial charge in [0, 0.05) is 12.4 Å². The molecule has 1 N–H and O–H groups in total. The van der Waals surface area contributed by atoms with E-state index in [4.69, 9.17) is 0 Å². The third-order valence-corrected chi connectivity index (χ3v) is 1.82. The van der Waals surface area contributed by atoms with Crippen molar-refractivity contribution in [3.63, 3.8) is 0 Å². The zero-order chi connectivity index (χ0) is 10.5. The van der Waals surface area contributed by atoms with Gasteiger partial charge in [0.15, 0.2) is 11.6 Å². The average Bonchev–Trinajstić information content (AvgIpc) is 2.29. The molecule has 0 amide bonds. The van der Waals surface area contributed by atoms with Gasteiger partial charge in [-0.05, 0) is 24.3 Å². The molecule has 0 bridgehead atoms. The highest BCUT2D eigenvalue weighted by Gasteiger charge is 2.01. The van der Waals surface area contributed by atoms with Crippen LogP contribution in [0.2, 0.25) is 0 Å². The maximum absolute atomic E-state index is 13.1. The van der Waals surface area contributed by atoms with Crippen molar-refractivity contribution >= 4 is 5.82 Å². The van der Waals surface area contributed by atoms with Gasteiger partial charge in [-0.25, -0.2) is 9.37 Å². The Kier molecular flexibility index (Phi) is 2.82. The molecule has 0 fully saturated rings. The minimum absolute atomic E-state index is 0.225. The van der Waals surface area contributed by atoms with E-state index in [-0.39, 0.29) is 11.6 Å². The smallest absolute Gasteiger partial charge is 0.165 e. The number of pyridine rings is 1. The third-order valence-electron chi connectivity index (χ3n) is 1.82. The molecular formula is C10H9FN4. The fourth-order valence-electron chi connectivity index (χ4n) is 1.12. The number of rotatable bonds is 3. The van der Waals surface area contributed by atoms with E-state index in [1.54, 1.807) is 24.4 Å². The Morgan fingerprint density at radius 2 is 2.07 bits per heavy atom. The molecule has 0 unspecified atom stereocenters. The highest BCUT2D eigenvalue weighted by molar-refractivity contribution is 5.35. The molecule has 2 heterocycles. The molecule has 0 spiro atoms. The summed E-state index contributed by atoms with van der Waals surface area (Å²) in [5.74, 6) is -0.149. The van der Waals surface area contributed by atoms with Crippen molar-refractivity contribution in [1.82, 2.24) is 15.2 Å². The first-order chi connectivity index (χ1) is 7.36. The Balaban J connectivity index is 2.03. The quantitative estimate of drug-likeness (QED) is 0.825. The van der Waals surface area contributed by atoms with Crippen LogP contribution < -0.4 is 5.32 Å². The number of nitrogens with one attached hydrogen (secondary N) is 1. The predicted molar refractivity (Wildman–Crippen MR) is 53.6 cm³/mol. The molecule has 15 heavy (non-hydrogen) atoms. The van der Waals surface area contributed by atoms with Crippen molar-refractivity contribution in [2.24, 2.45) is 0 Å². The molecular weight excluding hydrogens is 195 g/mol. The van der Waals surface area contributed by atoms with E-state index in [2.05, 4.69) is 20.5 Å². The van der Waals surface area contributed by atoms with Crippen LogP contribution in [0.15, 0.2) is 36.7 Å². The molecule has 2 aromatic heterocycles. The van der Waals surface area contributed by atoms with Gasteiger partial charge < -0.3 is 5.32 Å². The maximum atomic E-state index is 13.1. The summed E-state index contributed by atoms with van der Waals surface area (Å²) in [6.45, 7) is 0.405. The lowest BCUT2D eigenvalue weighted by molar-refractivity contribution is 0.624. The van der Waals surface area contributed by atoms with Gasteiger partial charge in [0.2, 0.25) is 0 Å². The summed E-state index contributed by atoms with van der Waals surface area (Å²) in [5, 5.41) is 10.4. The minimum atomic E-state index is -0.374. The lowest BCUT2D eigenvalue weighted by Crippen LogP contribution is -2.05. The van der Waals surface area contributed by atoms with E-state index in [1.165, 1.54) is 12.3 Å². The van der Waals surface area contributed by atoms with E-state index >= 15 is 0 Å². The van der Waals surface area contributed by atoms with Gasteiger partial charge in [-0.2, -0.15) is 10.2 Å². The SMILES string of the molecule is Fc1cccnc1NCc1cccnn1. The number of halogens is 1. The molecule has 5 heteroatoms. The second kappa shape index (κ2) is 4.45. The zero-order valence-corrected chi connectivity index (χ0v) is 7.89. The molecule has 0 saturated carbocycles. The topological polar surface area (TPSA) is 50.7 Å². The van der Waals surface area contributed by atoms with Crippen molar-refractivity contribution in [2.45, 2.75) is 6.54 Å². The van der Waals surface area contributed by atoms with E-state index in [9.17, 15) is 4.39 Å². The van der Waals surface area contributed by atoms with Gasteiger partial charge in [0.1, 0.15) is 0 Å². The van der Waals surface area contributed by atoms with Crippen molar-refractivity contribution in [3.8, 4) is 0 Å². The molecule has 0 aromatic carbocycles. The highest BCUT2D eigenvalue weighted by atomic mass is 19.1. The van der Waals surface area contributed by atoms with Crippen LogP contribution in [0.1, 0.15) is 5.69 Å². The summed E-state index contributed by atoms with van der Waals surface area (Å²) >= 11 is 0. The van der Waals surface area contributed by atoms with E-state index in [0.717, 1.165) is 5.69 Å². The summed E-state index contributed by atoms with van der Waals surface area (Å²) in [5.41, 5.74) is 0.738. The average molecular weight is 204 g/mol. The van der Waals surface area contributed by atoms with Gasteiger partial charge in [-0.15, -0.1) is 0 Å². The molecule has 0 saturated heterocycles. The van der Waals surface area contributed by atoms with Crippen LogP contribution in [0, 0.1) is 5.82 Å². The molecule has 4 nitrogen and oxygen atoms in total. The van der Waals surface area contributed by atoms with Crippen LogP contribution in [0.25, 0.3) is 0 Å². The van der Waals surface area contributed by atoms with Crippen LogP contribution in [0.5, 0.6) is 0 Å². The van der Waals surface area contributed by atoms with Crippen LogP contribution in [0.4, 0.5) is 10.2 Å². The van der Waals surface area contributed by atoms with Crippen LogP contribution in [0.3, 0.4) is 0 Å². The minimum Gasteiger partial charge on any atom is -0.362 e. The van der Waals surface area contributed by atoms with Crippen molar-refractivity contribution in [1.29, 1.82) is 0 Å². The van der Waals surface area contributed by atoms with E-state index in [1.807, 2.05) is 0 Å².